The number of ether oxygens (including phenoxy) is 2. The number of para-hydroxylation sites is 1. The number of nitrogens with zero attached hydrogens (tertiary/aromatic N) is 2. The molecule has 0 spiro atoms. The summed E-state index contributed by atoms with van der Waals surface area (Å²) < 4.78 is 12.3. The number of methoxy groups -OCH3 is 1. The third-order valence-electron chi connectivity index (χ3n) is 3.55. The minimum Gasteiger partial charge on any atom is -0.382 e. The van der Waals surface area contributed by atoms with E-state index in [9.17, 15) is 0 Å². The van der Waals surface area contributed by atoms with Crippen molar-refractivity contribution < 1.29 is 9.47 Å². The maximum absolute atomic E-state index is 5.65. The number of nitrogens with one attached hydrogen (secondary N) is 1. The van der Waals surface area contributed by atoms with Crippen LogP contribution in [-0.4, -0.2) is 42.8 Å². The predicted molar refractivity (Wildman–Crippen MR) is 82.8 cm³/mol. The summed E-state index contributed by atoms with van der Waals surface area (Å²) in [6.07, 6.45) is 1.62. The molecule has 0 radical (unpaired) electrons. The Bertz CT molecular complexity index is 556. The van der Waals surface area contributed by atoms with E-state index >= 15 is 0 Å². The van der Waals surface area contributed by atoms with Crippen molar-refractivity contribution in [3.63, 3.8) is 0 Å². The Hall–Kier alpha value is -1.47. The van der Waals surface area contributed by atoms with E-state index in [0.717, 1.165) is 24.1 Å². The summed E-state index contributed by atoms with van der Waals surface area (Å²) in [5.41, 5.74) is 5.06. The van der Waals surface area contributed by atoms with Crippen molar-refractivity contribution in [2.45, 2.75) is 18.9 Å². The van der Waals surface area contributed by atoms with Crippen LogP contribution in [0.4, 0.5) is 0 Å². The number of aryl methyl sites for hydroxylation is 1. The number of hydrogen-bond acceptors (Lipinski definition) is 5. The van der Waals surface area contributed by atoms with Crippen LogP contribution in [-0.2, 0) is 22.9 Å². The predicted octanol–water partition coefficient (Wildman–Crippen LogP) is 1.00. The summed E-state index contributed by atoms with van der Waals surface area (Å²) in [6, 6.07) is 8.37. The van der Waals surface area contributed by atoms with Crippen LogP contribution >= 0.6 is 0 Å². The summed E-state index contributed by atoms with van der Waals surface area (Å²) in [5, 5.41) is 5.78. The molecule has 1 heterocycles. The van der Waals surface area contributed by atoms with Gasteiger partial charge in [0, 0.05) is 38.6 Å². The van der Waals surface area contributed by atoms with Crippen LogP contribution in [0.3, 0.4) is 0 Å². The number of nitrogens with two attached hydrogens (primary N) is 1. The molecule has 0 saturated carbocycles. The zero-order valence-corrected chi connectivity index (χ0v) is 12.7. The lowest BCUT2D eigenvalue weighted by Gasteiger charge is -2.14. The average Bonchev–Trinajstić information content (AvgIpc) is 2.82. The van der Waals surface area contributed by atoms with Crippen molar-refractivity contribution in [2.75, 3.05) is 26.9 Å². The molecule has 6 nitrogen and oxygen atoms in total. The van der Waals surface area contributed by atoms with Crippen LogP contribution in [0.2, 0.25) is 0 Å². The molecule has 0 aliphatic heterocycles. The van der Waals surface area contributed by atoms with Gasteiger partial charge in [0.05, 0.1) is 24.4 Å². The van der Waals surface area contributed by atoms with Gasteiger partial charge in [-0.3, -0.25) is 16.0 Å². The Balaban J connectivity index is 1.94. The molecule has 2 aromatic rings. The number of rotatable bonds is 9. The molecule has 1 unspecified atom stereocenters. The van der Waals surface area contributed by atoms with Gasteiger partial charge in [-0.25, -0.2) is 0 Å². The molecule has 1 atom stereocenters. The van der Waals surface area contributed by atoms with Crippen molar-refractivity contribution in [3.05, 3.63) is 30.0 Å². The molecule has 2 rings (SSSR count). The average molecular weight is 292 g/mol. The minimum absolute atomic E-state index is 0.144. The van der Waals surface area contributed by atoms with E-state index in [1.54, 1.807) is 7.11 Å². The molecule has 1 aromatic heterocycles. The van der Waals surface area contributed by atoms with Gasteiger partial charge in [-0.2, -0.15) is 5.10 Å². The first kappa shape index (κ1) is 15.9. The Morgan fingerprint density at radius 2 is 2.10 bits per heavy atom. The molecule has 0 aliphatic carbocycles. The van der Waals surface area contributed by atoms with Crippen molar-refractivity contribution in [1.82, 2.24) is 15.2 Å². The molecule has 21 heavy (non-hydrogen) atoms. The first-order valence-corrected chi connectivity index (χ1v) is 7.19. The van der Waals surface area contributed by atoms with Gasteiger partial charge in [0.2, 0.25) is 0 Å². The molecule has 0 saturated heterocycles. The number of hydrogen-bond donors (Lipinski definition) is 2. The molecular weight excluding hydrogens is 268 g/mol. The highest BCUT2D eigenvalue weighted by molar-refractivity contribution is 5.81. The second kappa shape index (κ2) is 8.09. The Morgan fingerprint density at radius 1 is 1.29 bits per heavy atom. The van der Waals surface area contributed by atoms with Crippen molar-refractivity contribution in [1.29, 1.82) is 0 Å². The van der Waals surface area contributed by atoms with Crippen LogP contribution in [0, 0.1) is 0 Å². The van der Waals surface area contributed by atoms with Crippen LogP contribution in [0.1, 0.15) is 12.1 Å². The monoisotopic (exact) mass is 292 g/mol. The molecule has 0 bridgehead atoms. The number of benzene rings is 1. The van der Waals surface area contributed by atoms with E-state index in [2.05, 4.69) is 22.7 Å². The van der Waals surface area contributed by atoms with E-state index in [-0.39, 0.29) is 6.04 Å². The van der Waals surface area contributed by atoms with E-state index in [1.807, 2.05) is 23.9 Å². The molecule has 0 fully saturated rings. The number of fused-ring (bicyclic) bond motifs is 1. The molecule has 1 aromatic carbocycles. The largest absolute Gasteiger partial charge is 0.382 e. The summed E-state index contributed by atoms with van der Waals surface area (Å²) >= 11 is 0. The normalized spacial score (nSPS) is 12.9. The number of aromatic nitrogens is 2. The molecule has 3 N–H and O–H groups in total. The third-order valence-corrected chi connectivity index (χ3v) is 3.55. The molecular formula is C15H24N4O2. The van der Waals surface area contributed by atoms with Crippen LogP contribution in [0.25, 0.3) is 10.9 Å². The standard InChI is InChI=1S/C15H24N4O2/c1-19-15-6-4-3-5-13(15)14(18-19)11-12(17-16)7-8-21-10-9-20-2/h3-6,12,17H,7-11,16H2,1-2H3. The highest BCUT2D eigenvalue weighted by Gasteiger charge is 2.14. The van der Waals surface area contributed by atoms with E-state index in [0.29, 0.717) is 19.8 Å². The Morgan fingerprint density at radius 3 is 2.86 bits per heavy atom. The fourth-order valence-corrected chi connectivity index (χ4v) is 2.39. The molecule has 0 aliphatic rings. The van der Waals surface area contributed by atoms with Crippen LogP contribution in [0.15, 0.2) is 24.3 Å². The van der Waals surface area contributed by atoms with Gasteiger partial charge in [0.25, 0.3) is 0 Å². The first-order valence-electron chi connectivity index (χ1n) is 7.19. The third kappa shape index (κ3) is 4.25. The quantitative estimate of drug-likeness (QED) is 0.410. The SMILES string of the molecule is COCCOCCC(Cc1nn(C)c2ccccc12)NN. The van der Waals surface area contributed by atoms with Crippen LogP contribution < -0.4 is 11.3 Å². The Labute approximate surface area is 125 Å². The summed E-state index contributed by atoms with van der Waals surface area (Å²) in [4.78, 5) is 0. The molecule has 6 heteroatoms. The fourth-order valence-electron chi connectivity index (χ4n) is 2.39. The highest BCUT2D eigenvalue weighted by atomic mass is 16.5. The summed E-state index contributed by atoms with van der Waals surface area (Å²) in [6.45, 7) is 1.88. The topological polar surface area (TPSA) is 74.3 Å². The van der Waals surface area contributed by atoms with Gasteiger partial charge in [0.1, 0.15) is 0 Å². The summed E-state index contributed by atoms with van der Waals surface area (Å²) in [5.74, 6) is 5.65. The van der Waals surface area contributed by atoms with Crippen LogP contribution in [0.5, 0.6) is 0 Å². The fraction of sp³-hybridized carbons (Fsp3) is 0.533. The second-order valence-corrected chi connectivity index (χ2v) is 5.05. The van der Waals surface area contributed by atoms with Gasteiger partial charge >= 0.3 is 0 Å². The second-order valence-electron chi connectivity index (χ2n) is 5.05. The van der Waals surface area contributed by atoms with Gasteiger partial charge in [-0.15, -0.1) is 0 Å². The van der Waals surface area contributed by atoms with E-state index in [4.69, 9.17) is 15.3 Å². The van der Waals surface area contributed by atoms with Gasteiger partial charge in [-0.1, -0.05) is 18.2 Å². The number of hydrazine groups is 1. The minimum atomic E-state index is 0.144. The van der Waals surface area contributed by atoms with Gasteiger partial charge < -0.3 is 9.47 Å². The van der Waals surface area contributed by atoms with Crippen molar-refractivity contribution in [2.24, 2.45) is 12.9 Å². The smallest absolute Gasteiger partial charge is 0.0719 e. The lowest BCUT2D eigenvalue weighted by Crippen LogP contribution is -2.37. The highest BCUT2D eigenvalue weighted by Crippen LogP contribution is 2.19. The lowest BCUT2D eigenvalue weighted by atomic mass is 10.1. The van der Waals surface area contributed by atoms with Gasteiger partial charge in [-0.05, 0) is 12.5 Å². The zero-order chi connectivity index (χ0) is 15.1. The first-order chi connectivity index (χ1) is 10.3. The molecule has 116 valence electrons. The van der Waals surface area contributed by atoms with Crippen molar-refractivity contribution >= 4 is 10.9 Å². The van der Waals surface area contributed by atoms with Crippen molar-refractivity contribution in [3.8, 4) is 0 Å². The lowest BCUT2D eigenvalue weighted by molar-refractivity contribution is 0.0658. The van der Waals surface area contributed by atoms with Gasteiger partial charge in [0.15, 0.2) is 0 Å². The maximum atomic E-state index is 5.65. The Kier molecular flexibility index (Phi) is 6.13. The summed E-state index contributed by atoms with van der Waals surface area (Å²) in [7, 11) is 3.63. The molecule has 0 amide bonds. The van der Waals surface area contributed by atoms with E-state index < -0.39 is 0 Å². The zero-order valence-electron chi connectivity index (χ0n) is 12.7. The van der Waals surface area contributed by atoms with E-state index in [1.165, 1.54) is 5.39 Å². The maximum Gasteiger partial charge on any atom is 0.0719 e.